The lowest BCUT2D eigenvalue weighted by Crippen LogP contribution is -2.09. The Kier molecular flexibility index (Phi) is 4.14. The van der Waals surface area contributed by atoms with Gasteiger partial charge < -0.3 is 5.32 Å². The van der Waals surface area contributed by atoms with Gasteiger partial charge in [0, 0.05) is 23.9 Å². The molecule has 0 aliphatic heterocycles. The number of nitro groups is 1. The van der Waals surface area contributed by atoms with E-state index in [0.717, 1.165) is 23.5 Å². The summed E-state index contributed by atoms with van der Waals surface area (Å²) in [6.45, 7) is 5.10. The Hall–Kier alpha value is -2.21. The van der Waals surface area contributed by atoms with E-state index in [0.29, 0.717) is 12.1 Å². The summed E-state index contributed by atoms with van der Waals surface area (Å²) in [5.74, 6) is 0. The molecule has 0 aliphatic carbocycles. The average molecular weight is 274 g/mol. The van der Waals surface area contributed by atoms with E-state index in [2.05, 4.69) is 10.4 Å². The summed E-state index contributed by atoms with van der Waals surface area (Å²) in [7, 11) is 1.89. The molecule has 0 fully saturated rings. The maximum absolute atomic E-state index is 11.0. The summed E-state index contributed by atoms with van der Waals surface area (Å²) in [6, 6.07) is 6.78. The maximum Gasteiger partial charge on any atom is 0.274 e. The molecule has 2 aromatic rings. The fraction of sp³-hybridized carbons (Fsp3) is 0.357. The van der Waals surface area contributed by atoms with E-state index in [4.69, 9.17) is 0 Å². The summed E-state index contributed by atoms with van der Waals surface area (Å²) in [5, 5.41) is 18.6. The number of hydrogen-bond donors (Lipinski definition) is 1. The minimum Gasteiger partial charge on any atom is -0.316 e. The van der Waals surface area contributed by atoms with Gasteiger partial charge >= 0.3 is 0 Å². The van der Waals surface area contributed by atoms with Gasteiger partial charge in [-0.3, -0.25) is 14.8 Å². The first-order chi connectivity index (χ1) is 9.54. The van der Waals surface area contributed by atoms with Gasteiger partial charge in [0.15, 0.2) is 0 Å². The number of rotatable bonds is 5. The first kappa shape index (κ1) is 14.2. The Bertz CT molecular complexity index is 634. The van der Waals surface area contributed by atoms with Gasteiger partial charge in [-0.05, 0) is 20.9 Å². The van der Waals surface area contributed by atoms with Crippen LogP contribution in [0.25, 0.3) is 0 Å². The topological polar surface area (TPSA) is 73.0 Å². The van der Waals surface area contributed by atoms with Crippen LogP contribution in [0.1, 0.15) is 22.5 Å². The summed E-state index contributed by atoms with van der Waals surface area (Å²) in [4.78, 5) is 10.7. The van der Waals surface area contributed by atoms with Crippen molar-refractivity contribution in [3.63, 3.8) is 0 Å². The third-order valence-electron chi connectivity index (χ3n) is 3.39. The van der Waals surface area contributed by atoms with Crippen LogP contribution in [0.5, 0.6) is 0 Å². The van der Waals surface area contributed by atoms with Crippen molar-refractivity contribution in [3.05, 3.63) is 56.9 Å². The number of hydrogen-bond acceptors (Lipinski definition) is 4. The zero-order chi connectivity index (χ0) is 14.7. The van der Waals surface area contributed by atoms with E-state index < -0.39 is 0 Å². The zero-order valence-electron chi connectivity index (χ0n) is 11.9. The second-order valence-corrected chi connectivity index (χ2v) is 4.72. The predicted octanol–water partition coefficient (Wildman–Crippen LogP) is 2.18. The van der Waals surface area contributed by atoms with E-state index in [1.54, 1.807) is 12.1 Å². The van der Waals surface area contributed by atoms with Crippen LogP contribution in [-0.4, -0.2) is 21.8 Å². The van der Waals surface area contributed by atoms with Crippen molar-refractivity contribution in [2.45, 2.75) is 26.9 Å². The lowest BCUT2D eigenvalue weighted by atomic mass is 10.1. The van der Waals surface area contributed by atoms with Crippen LogP contribution >= 0.6 is 0 Å². The van der Waals surface area contributed by atoms with Crippen LogP contribution in [0.4, 0.5) is 5.69 Å². The number of aromatic nitrogens is 2. The van der Waals surface area contributed by atoms with Gasteiger partial charge in [-0.1, -0.05) is 18.2 Å². The number of nitro benzene ring substituents is 1. The molecule has 0 unspecified atom stereocenters. The van der Waals surface area contributed by atoms with Crippen molar-refractivity contribution in [2.75, 3.05) is 7.05 Å². The number of aryl methyl sites for hydroxylation is 1. The van der Waals surface area contributed by atoms with Gasteiger partial charge in [0.25, 0.3) is 5.69 Å². The van der Waals surface area contributed by atoms with Gasteiger partial charge in [0.1, 0.15) is 0 Å². The van der Waals surface area contributed by atoms with E-state index in [1.807, 2.05) is 31.6 Å². The number of benzene rings is 1. The smallest absolute Gasteiger partial charge is 0.274 e. The van der Waals surface area contributed by atoms with Crippen molar-refractivity contribution < 1.29 is 4.92 Å². The molecule has 6 nitrogen and oxygen atoms in total. The molecule has 0 aliphatic rings. The Morgan fingerprint density at radius 1 is 1.35 bits per heavy atom. The molecule has 0 amide bonds. The Morgan fingerprint density at radius 2 is 2.05 bits per heavy atom. The van der Waals surface area contributed by atoms with Gasteiger partial charge in [-0.15, -0.1) is 0 Å². The van der Waals surface area contributed by atoms with Crippen molar-refractivity contribution in [1.82, 2.24) is 15.1 Å². The average Bonchev–Trinajstić information content (AvgIpc) is 2.67. The lowest BCUT2D eigenvalue weighted by molar-refractivity contribution is -0.385. The normalized spacial score (nSPS) is 10.8. The molecule has 20 heavy (non-hydrogen) atoms. The highest BCUT2D eigenvalue weighted by molar-refractivity contribution is 5.40. The van der Waals surface area contributed by atoms with E-state index in [-0.39, 0.29) is 10.6 Å². The molecule has 1 aromatic carbocycles. The van der Waals surface area contributed by atoms with E-state index in [9.17, 15) is 10.1 Å². The molecule has 1 aromatic heterocycles. The van der Waals surface area contributed by atoms with E-state index >= 15 is 0 Å². The molecule has 106 valence electrons. The first-order valence-electron chi connectivity index (χ1n) is 6.44. The lowest BCUT2D eigenvalue weighted by Gasteiger charge is -2.06. The molecule has 0 saturated heterocycles. The monoisotopic (exact) mass is 274 g/mol. The molecule has 0 bridgehead atoms. The minimum absolute atomic E-state index is 0.134. The standard InChI is InChI=1S/C14H18N4O2/c1-10-13(8-15-3)11(2)17(16-10)9-12-6-4-5-7-14(12)18(19)20/h4-7,15H,8-9H2,1-3H3. The third kappa shape index (κ3) is 2.70. The number of para-hydroxylation sites is 1. The molecule has 0 radical (unpaired) electrons. The molecule has 0 spiro atoms. The summed E-state index contributed by atoms with van der Waals surface area (Å²) >= 11 is 0. The Balaban J connectivity index is 2.36. The maximum atomic E-state index is 11.0. The van der Waals surface area contributed by atoms with Crippen molar-refractivity contribution in [3.8, 4) is 0 Å². The third-order valence-corrected chi connectivity index (χ3v) is 3.39. The second-order valence-electron chi connectivity index (χ2n) is 4.72. The largest absolute Gasteiger partial charge is 0.316 e. The zero-order valence-corrected chi connectivity index (χ0v) is 11.9. The molecule has 6 heteroatoms. The molecular formula is C14H18N4O2. The van der Waals surface area contributed by atoms with E-state index in [1.165, 1.54) is 6.07 Å². The van der Waals surface area contributed by atoms with Crippen molar-refractivity contribution in [2.24, 2.45) is 0 Å². The summed E-state index contributed by atoms with van der Waals surface area (Å²) in [5.41, 5.74) is 3.94. The summed E-state index contributed by atoms with van der Waals surface area (Å²) in [6.07, 6.45) is 0. The van der Waals surface area contributed by atoms with Crippen LogP contribution in [0, 0.1) is 24.0 Å². The minimum atomic E-state index is -0.352. The van der Waals surface area contributed by atoms with Gasteiger partial charge in [0.05, 0.1) is 22.7 Å². The fourth-order valence-electron chi connectivity index (χ4n) is 2.30. The molecule has 0 atom stereocenters. The Labute approximate surface area is 117 Å². The molecule has 0 saturated carbocycles. The highest BCUT2D eigenvalue weighted by Gasteiger charge is 2.16. The van der Waals surface area contributed by atoms with Gasteiger partial charge in [-0.25, -0.2) is 0 Å². The van der Waals surface area contributed by atoms with Crippen LogP contribution in [0.3, 0.4) is 0 Å². The molecule has 2 rings (SSSR count). The van der Waals surface area contributed by atoms with Crippen molar-refractivity contribution >= 4 is 5.69 Å². The first-order valence-corrected chi connectivity index (χ1v) is 6.44. The highest BCUT2D eigenvalue weighted by Crippen LogP contribution is 2.21. The van der Waals surface area contributed by atoms with Crippen LogP contribution < -0.4 is 5.32 Å². The molecular weight excluding hydrogens is 256 g/mol. The fourth-order valence-corrected chi connectivity index (χ4v) is 2.30. The second kappa shape index (κ2) is 5.83. The van der Waals surface area contributed by atoms with Gasteiger partial charge in [0.2, 0.25) is 0 Å². The van der Waals surface area contributed by atoms with Crippen LogP contribution in [0.15, 0.2) is 24.3 Å². The predicted molar refractivity (Wildman–Crippen MR) is 76.7 cm³/mol. The van der Waals surface area contributed by atoms with Crippen molar-refractivity contribution in [1.29, 1.82) is 0 Å². The summed E-state index contributed by atoms with van der Waals surface area (Å²) < 4.78 is 1.82. The van der Waals surface area contributed by atoms with Gasteiger partial charge in [-0.2, -0.15) is 5.10 Å². The number of nitrogens with one attached hydrogen (secondary N) is 1. The molecule has 1 N–H and O–H groups in total. The Morgan fingerprint density at radius 3 is 2.70 bits per heavy atom. The number of nitrogens with zero attached hydrogens (tertiary/aromatic N) is 3. The van der Waals surface area contributed by atoms with Crippen LogP contribution in [0.2, 0.25) is 0 Å². The SMILES string of the molecule is CNCc1c(C)nn(Cc2ccccc2[N+](=O)[O-])c1C. The highest BCUT2D eigenvalue weighted by atomic mass is 16.6. The molecule has 1 heterocycles. The quantitative estimate of drug-likeness (QED) is 0.670. The van der Waals surface area contributed by atoms with Crippen LogP contribution in [-0.2, 0) is 13.1 Å².